The van der Waals surface area contributed by atoms with Gasteiger partial charge in [-0.2, -0.15) is 5.10 Å². The molecule has 1 rings (SSSR count). The van der Waals surface area contributed by atoms with Gasteiger partial charge in [-0.05, 0) is 12.5 Å². The van der Waals surface area contributed by atoms with Crippen LogP contribution in [0.4, 0.5) is 11.4 Å². The lowest BCUT2D eigenvalue weighted by molar-refractivity contribution is -0.384. The standard InChI is InChI=1S/C9H10ClN3O2/c1-2-9(10)12-11-7-5-3-4-6-8(7)13(14)15/h3-6,11H,2H2,1H3/b12-9-. The Kier molecular flexibility index (Phi) is 4.05. The average molecular weight is 228 g/mol. The number of benzene rings is 1. The van der Waals surface area contributed by atoms with Crippen LogP contribution in [0, 0.1) is 10.1 Å². The van der Waals surface area contributed by atoms with Crippen LogP contribution in [0.1, 0.15) is 13.3 Å². The fourth-order valence-electron chi connectivity index (χ4n) is 0.927. The summed E-state index contributed by atoms with van der Waals surface area (Å²) in [5, 5.41) is 14.8. The third-order valence-electron chi connectivity index (χ3n) is 1.69. The molecule has 0 aliphatic carbocycles. The van der Waals surface area contributed by atoms with Crippen LogP contribution in [0.3, 0.4) is 0 Å². The van der Waals surface area contributed by atoms with Crippen molar-refractivity contribution in [3.8, 4) is 0 Å². The van der Waals surface area contributed by atoms with Gasteiger partial charge in [-0.25, -0.2) is 0 Å². The van der Waals surface area contributed by atoms with E-state index in [9.17, 15) is 10.1 Å². The van der Waals surface area contributed by atoms with E-state index in [4.69, 9.17) is 11.6 Å². The van der Waals surface area contributed by atoms with Gasteiger partial charge < -0.3 is 0 Å². The van der Waals surface area contributed by atoms with E-state index in [1.54, 1.807) is 18.2 Å². The summed E-state index contributed by atoms with van der Waals surface area (Å²) in [7, 11) is 0. The van der Waals surface area contributed by atoms with E-state index in [2.05, 4.69) is 10.5 Å². The Hall–Kier alpha value is -1.62. The van der Waals surface area contributed by atoms with Crippen LogP contribution in [0.2, 0.25) is 0 Å². The molecule has 0 aliphatic heterocycles. The van der Waals surface area contributed by atoms with E-state index < -0.39 is 4.92 Å². The number of nitro benzene ring substituents is 1. The molecule has 0 unspecified atom stereocenters. The van der Waals surface area contributed by atoms with Crippen molar-refractivity contribution in [3.05, 3.63) is 34.4 Å². The predicted molar refractivity (Wildman–Crippen MR) is 60.3 cm³/mol. The van der Waals surface area contributed by atoms with Gasteiger partial charge in [0.15, 0.2) is 0 Å². The molecule has 0 saturated heterocycles. The van der Waals surface area contributed by atoms with Gasteiger partial charge in [0.2, 0.25) is 0 Å². The lowest BCUT2D eigenvalue weighted by Crippen LogP contribution is -1.98. The molecule has 1 aromatic rings. The Bertz CT molecular complexity index is 393. The number of hydrogen-bond acceptors (Lipinski definition) is 4. The van der Waals surface area contributed by atoms with Crippen LogP contribution in [-0.4, -0.2) is 10.1 Å². The molecule has 0 aliphatic rings. The first kappa shape index (κ1) is 11.5. The van der Waals surface area contributed by atoms with Gasteiger partial charge >= 0.3 is 0 Å². The molecule has 1 aromatic carbocycles. The van der Waals surface area contributed by atoms with Gasteiger partial charge in [-0.15, -0.1) is 0 Å². The smallest absolute Gasteiger partial charge is 0.271 e. The molecule has 5 nitrogen and oxygen atoms in total. The van der Waals surface area contributed by atoms with Crippen molar-refractivity contribution in [2.75, 3.05) is 5.43 Å². The number of rotatable bonds is 4. The highest BCUT2D eigenvalue weighted by Crippen LogP contribution is 2.23. The van der Waals surface area contributed by atoms with Crippen molar-refractivity contribution in [3.63, 3.8) is 0 Å². The maximum absolute atomic E-state index is 10.6. The van der Waals surface area contributed by atoms with Crippen molar-refractivity contribution in [2.45, 2.75) is 13.3 Å². The molecule has 0 amide bonds. The van der Waals surface area contributed by atoms with Crippen molar-refractivity contribution in [1.29, 1.82) is 0 Å². The number of hydrazone groups is 1. The molecule has 6 heteroatoms. The maximum Gasteiger partial charge on any atom is 0.294 e. The topological polar surface area (TPSA) is 67.5 Å². The predicted octanol–water partition coefficient (Wildman–Crippen LogP) is 2.97. The molecule has 0 aromatic heterocycles. The third-order valence-corrected chi connectivity index (χ3v) is 2.04. The van der Waals surface area contributed by atoms with Gasteiger partial charge in [0.05, 0.1) is 4.92 Å². The number of nitro groups is 1. The number of nitrogens with zero attached hydrogens (tertiary/aromatic N) is 2. The normalized spacial score (nSPS) is 11.2. The zero-order chi connectivity index (χ0) is 11.3. The van der Waals surface area contributed by atoms with E-state index in [0.29, 0.717) is 17.3 Å². The Balaban J connectivity index is 2.90. The molecular weight excluding hydrogens is 218 g/mol. The van der Waals surface area contributed by atoms with E-state index in [1.807, 2.05) is 6.92 Å². The molecule has 0 saturated carbocycles. The molecule has 0 spiro atoms. The van der Waals surface area contributed by atoms with E-state index >= 15 is 0 Å². The second kappa shape index (κ2) is 5.31. The monoisotopic (exact) mass is 227 g/mol. The van der Waals surface area contributed by atoms with Crippen LogP contribution >= 0.6 is 11.6 Å². The molecule has 80 valence electrons. The largest absolute Gasteiger partial charge is 0.294 e. The van der Waals surface area contributed by atoms with Crippen LogP contribution in [-0.2, 0) is 0 Å². The van der Waals surface area contributed by atoms with E-state index in [-0.39, 0.29) is 5.69 Å². The number of anilines is 1. The van der Waals surface area contributed by atoms with Crippen molar-refractivity contribution in [2.24, 2.45) is 5.10 Å². The van der Waals surface area contributed by atoms with Crippen LogP contribution < -0.4 is 5.43 Å². The minimum Gasteiger partial charge on any atom is -0.271 e. The Morgan fingerprint density at radius 3 is 2.87 bits per heavy atom. The van der Waals surface area contributed by atoms with Crippen molar-refractivity contribution >= 4 is 28.1 Å². The number of para-hydroxylation sites is 2. The third kappa shape index (κ3) is 3.21. The first-order valence-electron chi connectivity index (χ1n) is 4.36. The van der Waals surface area contributed by atoms with Crippen LogP contribution in [0.15, 0.2) is 29.4 Å². The minimum absolute atomic E-state index is 0.0261. The zero-order valence-electron chi connectivity index (χ0n) is 8.11. The highest BCUT2D eigenvalue weighted by atomic mass is 35.5. The maximum atomic E-state index is 10.6. The fourth-order valence-corrected chi connectivity index (χ4v) is 0.970. The van der Waals surface area contributed by atoms with Gasteiger partial charge in [0.1, 0.15) is 10.9 Å². The quantitative estimate of drug-likeness (QED) is 0.489. The van der Waals surface area contributed by atoms with E-state index in [1.165, 1.54) is 6.07 Å². The second-order valence-electron chi connectivity index (χ2n) is 2.73. The number of halogens is 1. The lowest BCUT2D eigenvalue weighted by Gasteiger charge is -2.01. The molecule has 0 heterocycles. The van der Waals surface area contributed by atoms with Crippen LogP contribution in [0.5, 0.6) is 0 Å². The Morgan fingerprint density at radius 1 is 1.60 bits per heavy atom. The number of nitrogens with one attached hydrogen (secondary N) is 1. The highest BCUT2D eigenvalue weighted by molar-refractivity contribution is 6.65. The summed E-state index contributed by atoms with van der Waals surface area (Å²) in [6, 6.07) is 6.25. The summed E-state index contributed by atoms with van der Waals surface area (Å²) in [6.45, 7) is 1.84. The van der Waals surface area contributed by atoms with E-state index in [0.717, 1.165) is 0 Å². The highest BCUT2D eigenvalue weighted by Gasteiger charge is 2.11. The lowest BCUT2D eigenvalue weighted by atomic mass is 10.3. The molecular formula is C9H10ClN3O2. The zero-order valence-corrected chi connectivity index (χ0v) is 8.86. The minimum atomic E-state index is -0.475. The first-order chi connectivity index (χ1) is 7.15. The molecule has 0 fully saturated rings. The van der Waals surface area contributed by atoms with Crippen molar-refractivity contribution in [1.82, 2.24) is 0 Å². The molecule has 0 bridgehead atoms. The van der Waals surface area contributed by atoms with Gasteiger partial charge in [-0.3, -0.25) is 15.5 Å². The molecule has 15 heavy (non-hydrogen) atoms. The summed E-state index contributed by atoms with van der Waals surface area (Å²) in [5.74, 6) is 0. The summed E-state index contributed by atoms with van der Waals surface area (Å²) in [6.07, 6.45) is 0.579. The van der Waals surface area contributed by atoms with Gasteiger partial charge in [-0.1, -0.05) is 30.7 Å². The van der Waals surface area contributed by atoms with Gasteiger partial charge in [0.25, 0.3) is 5.69 Å². The summed E-state index contributed by atoms with van der Waals surface area (Å²) >= 11 is 5.66. The average Bonchev–Trinajstić information content (AvgIpc) is 2.26. The van der Waals surface area contributed by atoms with Crippen LogP contribution in [0.25, 0.3) is 0 Å². The van der Waals surface area contributed by atoms with Gasteiger partial charge in [0, 0.05) is 6.07 Å². The SMILES string of the molecule is CC/C(Cl)=N/Nc1ccccc1[N+](=O)[O-]. The molecule has 1 N–H and O–H groups in total. The Morgan fingerprint density at radius 2 is 2.27 bits per heavy atom. The molecule has 0 atom stereocenters. The summed E-state index contributed by atoms with van der Waals surface area (Å²) in [4.78, 5) is 10.1. The Labute approximate surface area is 91.9 Å². The van der Waals surface area contributed by atoms with Crippen molar-refractivity contribution < 1.29 is 4.92 Å². The fraction of sp³-hybridized carbons (Fsp3) is 0.222. The molecule has 0 radical (unpaired) electrons. The second-order valence-corrected chi connectivity index (χ2v) is 3.16. The summed E-state index contributed by atoms with van der Waals surface area (Å²) in [5.41, 5.74) is 2.86. The summed E-state index contributed by atoms with van der Waals surface area (Å²) < 4.78 is 0. The first-order valence-corrected chi connectivity index (χ1v) is 4.74. The number of hydrogen-bond donors (Lipinski definition) is 1.